The summed E-state index contributed by atoms with van der Waals surface area (Å²) >= 11 is 2.94. The molecular weight excluding hydrogens is 254 g/mol. The molecule has 0 saturated carbocycles. The Kier molecular flexibility index (Phi) is 3.75. The van der Waals surface area contributed by atoms with Crippen LogP contribution < -0.4 is 10.6 Å². The van der Waals surface area contributed by atoms with Crippen LogP contribution in [-0.4, -0.2) is 17.3 Å². The summed E-state index contributed by atoms with van der Waals surface area (Å²) in [5.74, 6) is -0.0750. The number of rotatable bonds is 4. The molecule has 4 nitrogen and oxygen atoms in total. The molecule has 2 rings (SSSR count). The lowest BCUT2D eigenvalue weighted by Crippen LogP contribution is -2.23. The second kappa shape index (κ2) is 5.29. The maximum Gasteiger partial charge on any atom is 0.256 e. The van der Waals surface area contributed by atoms with Gasteiger partial charge in [0.2, 0.25) is 0 Å². The number of hydrogen-bond acceptors (Lipinski definition) is 5. The lowest BCUT2D eigenvalue weighted by molar-refractivity contribution is 0.0951. The van der Waals surface area contributed by atoms with E-state index in [1.807, 2.05) is 24.4 Å². The SMILES string of the molecule is CNc1snc(C)c1C(=O)NCc1cccs1. The summed E-state index contributed by atoms with van der Waals surface area (Å²) in [6.07, 6.45) is 0. The Bertz CT molecular complexity index is 505. The van der Waals surface area contributed by atoms with E-state index in [-0.39, 0.29) is 5.91 Å². The van der Waals surface area contributed by atoms with Gasteiger partial charge in [-0.1, -0.05) is 6.07 Å². The zero-order valence-corrected chi connectivity index (χ0v) is 11.2. The first-order valence-electron chi connectivity index (χ1n) is 5.17. The maximum absolute atomic E-state index is 12.0. The summed E-state index contributed by atoms with van der Waals surface area (Å²) in [4.78, 5) is 13.2. The Labute approximate surface area is 108 Å². The van der Waals surface area contributed by atoms with Gasteiger partial charge in [-0.25, -0.2) is 0 Å². The van der Waals surface area contributed by atoms with E-state index in [1.54, 1.807) is 18.4 Å². The lowest BCUT2D eigenvalue weighted by atomic mass is 10.2. The van der Waals surface area contributed by atoms with Crippen molar-refractivity contribution in [2.75, 3.05) is 12.4 Å². The molecule has 0 atom stereocenters. The number of hydrogen-bond donors (Lipinski definition) is 2. The summed E-state index contributed by atoms with van der Waals surface area (Å²) in [5.41, 5.74) is 1.41. The van der Waals surface area contributed by atoms with E-state index in [0.29, 0.717) is 12.1 Å². The zero-order valence-electron chi connectivity index (χ0n) is 9.61. The number of aryl methyl sites for hydroxylation is 1. The van der Waals surface area contributed by atoms with Gasteiger partial charge in [0.25, 0.3) is 5.91 Å². The first-order chi connectivity index (χ1) is 8.22. The van der Waals surface area contributed by atoms with Gasteiger partial charge in [-0.3, -0.25) is 4.79 Å². The van der Waals surface area contributed by atoms with Gasteiger partial charge in [0.1, 0.15) is 5.00 Å². The Morgan fingerprint density at radius 2 is 2.35 bits per heavy atom. The van der Waals surface area contributed by atoms with Crippen LogP contribution in [0.5, 0.6) is 0 Å². The first kappa shape index (κ1) is 12.1. The third-order valence-corrected chi connectivity index (χ3v) is 4.15. The van der Waals surface area contributed by atoms with Gasteiger partial charge in [0.05, 0.1) is 17.8 Å². The smallest absolute Gasteiger partial charge is 0.256 e. The van der Waals surface area contributed by atoms with Crippen LogP contribution in [0.25, 0.3) is 0 Å². The number of aromatic nitrogens is 1. The summed E-state index contributed by atoms with van der Waals surface area (Å²) in [6, 6.07) is 3.98. The van der Waals surface area contributed by atoms with Gasteiger partial charge in [-0.05, 0) is 29.9 Å². The fourth-order valence-corrected chi connectivity index (χ4v) is 2.86. The van der Waals surface area contributed by atoms with E-state index in [4.69, 9.17) is 0 Å². The molecule has 2 aromatic heterocycles. The fraction of sp³-hybridized carbons (Fsp3) is 0.273. The average Bonchev–Trinajstić information content (AvgIpc) is 2.94. The van der Waals surface area contributed by atoms with Crippen LogP contribution in [0, 0.1) is 6.92 Å². The van der Waals surface area contributed by atoms with E-state index in [2.05, 4.69) is 15.0 Å². The molecule has 0 aliphatic rings. The molecule has 0 saturated heterocycles. The summed E-state index contributed by atoms with van der Waals surface area (Å²) in [6.45, 7) is 2.41. The molecule has 0 fully saturated rings. The second-order valence-electron chi connectivity index (χ2n) is 3.48. The van der Waals surface area contributed by atoms with Crippen molar-refractivity contribution < 1.29 is 4.79 Å². The fourth-order valence-electron chi connectivity index (χ4n) is 1.48. The molecule has 17 heavy (non-hydrogen) atoms. The van der Waals surface area contributed by atoms with Gasteiger partial charge in [0.15, 0.2) is 0 Å². The molecule has 0 aliphatic heterocycles. The van der Waals surface area contributed by atoms with E-state index < -0.39 is 0 Å². The average molecular weight is 267 g/mol. The van der Waals surface area contributed by atoms with Gasteiger partial charge < -0.3 is 10.6 Å². The summed E-state index contributed by atoms with van der Waals surface area (Å²) in [7, 11) is 1.79. The molecule has 2 N–H and O–H groups in total. The molecule has 90 valence electrons. The van der Waals surface area contributed by atoms with Crippen LogP contribution in [0.15, 0.2) is 17.5 Å². The van der Waals surface area contributed by atoms with Crippen LogP contribution in [0.1, 0.15) is 20.9 Å². The monoisotopic (exact) mass is 267 g/mol. The number of carbonyl (C=O) groups is 1. The Balaban J connectivity index is 2.06. The standard InChI is InChI=1S/C11H13N3OS2/c1-7-9(11(12-2)17-14-7)10(15)13-6-8-4-3-5-16-8/h3-5,12H,6H2,1-2H3,(H,13,15). The van der Waals surface area contributed by atoms with Crippen LogP contribution >= 0.6 is 22.9 Å². The molecule has 0 unspecified atom stereocenters. The zero-order chi connectivity index (χ0) is 12.3. The van der Waals surface area contributed by atoms with Crippen molar-refractivity contribution in [3.8, 4) is 0 Å². The number of thiophene rings is 1. The number of nitrogens with zero attached hydrogens (tertiary/aromatic N) is 1. The maximum atomic E-state index is 12.0. The topological polar surface area (TPSA) is 54.0 Å². The predicted molar refractivity (Wildman–Crippen MR) is 71.9 cm³/mol. The van der Waals surface area contributed by atoms with Crippen molar-refractivity contribution >= 4 is 33.8 Å². The molecule has 0 aliphatic carbocycles. The van der Waals surface area contributed by atoms with Crippen molar-refractivity contribution in [1.29, 1.82) is 0 Å². The van der Waals surface area contributed by atoms with Gasteiger partial charge in [-0.15, -0.1) is 11.3 Å². The highest BCUT2D eigenvalue weighted by Crippen LogP contribution is 2.23. The van der Waals surface area contributed by atoms with Crippen LogP contribution in [-0.2, 0) is 6.54 Å². The molecule has 2 heterocycles. The second-order valence-corrected chi connectivity index (χ2v) is 5.29. The minimum atomic E-state index is -0.0750. The van der Waals surface area contributed by atoms with Crippen molar-refractivity contribution in [1.82, 2.24) is 9.69 Å². The highest BCUT2D eigenvalue weighted by atomic mass is 32.1. The normalized spacial score (nSPS) is 10.2. The number of anilines is 1. The molecular formula is C11H13N3OS2. The Hall–Kier alpha value is -1.40. The minimum absolute atomic E-state index is 0.0750. The third-order valence-electron chi connectivity index (χ3n) is 2.32. The molecule has 0 radical (unpaired) electrons. The number of nitrogens with one attached hydrogen (secondary N) is 2. The van der Waals surface area contributed by atoms with Gasteiger partial charge in [0, 0.05) is 11.9 Å². The number of carbonyl (C=O) groups excluding carboxylic acids is 1. The van der Waals surface area contributed by atoms with Crippen molar-refractivity contribution in [3.63, 3.8) is 0 Å². The Morgan fingerprint density at radius 3 is 3.00 bits per heavy atom. The minimum Gasteiger partial charge on any atom is -0.378 e. The van der Waals surface area contributed by atoms with E-state index in [0.717, 1.165) is 15.6 Å². The van der Waals surface area contributed by atoms with Gasteiger partial charge >= 0.3 is 0 Å². The third kappa shape index (κ3) is 2.65. The van der Waals surface area contributed by atoms with Crippen LogP contribution in [0.3, 0.4) is 0 Å². The largest absolute Gasteiger partial charge is 0.378 e. The Morgan fingerprint density at radius 1 is 1.53 bits per heavy atom. The quantitative estimate of drug-likeness (QED) is 0.895. The predicted octanol–water partition coefficient (Wildman–Crippen LogP) is 2.48. The van der Waals surface area contributed by atoms with Crippen molar-refractivity contribution in [3.05, 3.63) is 33.6 Å². The van der Waals surface area contributed by atoms with Crippen LogP contribution in [0.2, 0.25) is 0 Å². The summed E-state index contributed by atoms with van der Waals surface area (Å²) in [5, 5.41) is 8.70. The molecule has 0 bridgehead atoms. The van der Waals surface area contributed by atoms with E-state index in [9.17, 15) is 4.79 Å². The first-order valence-corrected chi connectivity index (χ1v) is 6.82. The van der Waals surface area contributed by atoms with Crippen molar-refractivity contribution in [2.24, 2.45) is 0 Å². The molecule has 6 heteroatoms. The van der Waals surface area contributed by atoms with E-state index in [1.165, 1.54) is 11.5 Å². The summed E-state index contributed by atoms with van der Waals surface area (Å²) < 4.78 is 4.17. The molecule has 0 spiro atoms. The molecule has 1 amide bonds. The number of amides is 1. The van der Waals surface area contributed by atoms with Gasteiger partial charge in [-0.2, -0.15) is 4.37 Å². The molecule has 0 aromatic carbocycles. The molecule has 2 aromatic rings. The van der Waals surface area contributed by atoms with Crippen LogP contribution in [0.4, 0.5) is 5.00 Å². The van der Waals surface area contributed by atoms with Crippen molar-refractivity contribution in [2.45, 2.75) is 13.5 Å². The lowest BCUT2D eigenvalue weighted by Gasteiger charge is -2.05. The van der Waals surface area contributed by atoms with E-state index >= 15 is 0 Å². The highest BCUT2D eigenvalue weighted by molar-refractivity contribution is 7.10. The highest BCUT2D eigenvalue weighted by Gasteiger charge is 2.17.